The first-order valence-electron chi connectivity index (χ1n) is 7.79. The van der Waals surface area contributed by atoms with Gasteiger partial charge in [0.05, 0.1) is 13.2 Å². The Morgan fingerprint density at radius 1 is 1.35 bits per heavy atom. The molecule has 3 amide bonds. The van der Waals surface area contributed by atoms with Gasteiger partial charge < -0.3 is 19.9 Å². The SMILES string of the molecule is COC(=O)N1CCC(NC(=O)N(C)C(C)c2ccncc2)CC1. The lowest BCUT2D eigenvalue weighted by Crippen LogP contribution is -2.49. The first-order valence-corrected chi connectivity index (χ1v) is 7.79. The molecule has 126 valence electrons. The highest BCUT2D eigenvalue weighted by molar-refractivity contribution is 5.75. The summed E-state index contributed by atoms with van der Waals surface area (Å²) in [6.45, 7) is 3.18. The average molecular weight is 320 g/mol. The Hall–Kier alpha value is -2.31. The Bertz CT molecular complexity index is 529. The highest BCUT2D eigenvalue weighted by Crippen LogP contribution is 2.18. The molecule has 2 rings (SSSR count). The Balaban J connectivity index is 1.84. The van der Waals surface area contributed by atoms with Crippen molar-refractivity contribution in [3.8, 4) is 0 Å². The summed E-state index contributed by atoms with van der Waals surface area (Å²) < 4.78 is 4.71. The number of carbonyl (C=O) groups is 2. The van der Waals surface area contributed by atoms with Crippen LogP contribution in [0.4, 0.5) is 9.59 Å². The Morgan fingerprint density at radius 3 is 2.52 bits per heavy atom. The molecule has 1 aromatic heterocycles. The van der Waals surface area contributed by atoms with E-state index >= 15 is 0 Å². The molecule has 2 heterocycles. The van der Waals surface area contributed by atoms with Crippen molar-refractivity contribution >= 4 is 12.1 Å². The third-order valence-electron chi connectivity index (χ3n) is 4.35. The van der Waals surface area contributed by atoms with Crippen molar-refractivity contribution in [3.63, 3.8) is 0 Å². The molecule has 23 heavy (non-hydrogen) atoms. The molecule has 1 aromatic rings. The lowest BCUT2D eigenvalue weighted by molar-refractivity contribution is 0.109. The number of ether oxygens (including phenoxy) is 1. The molecule has 1 saturated heterocycles. The number of nitrogens with one attached hydrogen (secondary N) is 1. The number of methoxy groups -OCH3 is 1. The predicted octanol–water partition coefficient (Wildman–Crippen LogP) is 2.01. The lowest BCUT2D eigenvalue weighted by Gasteiger charge is -2.33. The van der Waals surface area contributed by atoms with Gasteiger partial charge in [-0.05, 0) is 37.5 Å². The van der Waals surface area contributed by atoms with Crippen molar-refractivity contribution in [2.45, 2.75) is 31.8 Å². The summed E-state index contributed by atoms with van der Waals surface area (Å²) >= 11 is 0. The fourth-order valence-electron chi connectivity index (χ4n) is 2.65. The lowest BCUT2D eigenvalue weighted by atomic mass is 10.1. The second kappa shape index (κ2) is 7.80. The average Bonchev–Trinajstić information content (AvgIpc) is 2.61. The Morgan fingerprint density at radius 2 is 1.96 bits per heavy atom. The minimum atomic E-state index is -0.307. The van der Waals surface area contributed by atoms with Gasteiger partial charge in [0.15, 0.2) is 0 Å². The number of urea groups is 1. The largest absolute Gasteiger partial charge is 0.453 e. The van der Waals surface area contributed by atoms with Gasteiger partial charge in [0.2, 0.25) is 0 Å². The number of carbonyl (C=O) groups excluding carboxylic acids is 2. The predicted molar refractivity (Wildman–Crippen MR) is 85.9 cm³/mol. The quantitative estimate of drug-likeness (QED) is 0.924. The van der Waals surface area contributed by atoms with E-state index in [9.17, 15) is 9.59 Å². The first kappa shape index (κ1) is 17.1. The number of hydrogen-bond acceptors (Lipinski definition) is 4. The number of piperidine rings is 1. The number of nitrogens with zero attached hydrogens (tertiary/aromatic N) is 3. The molecule has 1 fully saturated rings. The number of rotatable bonds is 3. The van der Waals surface area contributed by atoms with Gasteiger partial charge in [0, 0.05) is 38.6 Å². The van der Waals surface area contributed by atoms with Gasteiger partial charge >= 0.3 is 12.1 Å². The van der Waals surface area contributed by atoms with Gasteiger partial charge in [0.1, 0.15) is 0 Å². The fraction of sp³-hybridized carbons (Fsp3) is 0.562. The van der Waals surface area contributed by atoms with E-state index in [1.165, 1.54) is 7.11 Å². The van der Waals surface area contributed by atoms with Gasteiger partial charge in [-0.2, -0.15) is 0 Å². The zero-order valence-electron chi connectivity index (χ0n) is 13.9. The molecule has 1 aliphatic rings. The molecule has 0 spiro atoms. The Labute approximate surface area is 136 Å². The molecule has 0 radical (unpaired) electrons. The summed E-state index contributed by atoms with van der Waals surface area (Å²) in [5.41, 5.74) is 1.04. The van der Waals surface area contributed by atoms with E-state index in [1.54, 1.807) is 29.2 Å². The van der Waals surface area contributed by atoms with Crippen LogP contribution in [0.3, 0.4) is 0 Å². The standard InChI is InChI=1S/C16H24N4O3/c1-12(13-4-8-17-9-5-13)19(2)15(21)18-14-6-10-20(11-7-14)16(22)23-3/h4-5,8-9,12,14H,6-7,10-11H2,1-3H3,(H,18,21). The van der Waals surface area contributed by atoms with Crippen molar-refractivity contribution in [1.82, 2.24) is 20.1 Å². The van der Waals surface area contributed by atoms with Crippen LogP contribution in [0, 0.1) is 0 Å². The fourth-order valence-corrected chi connectivity index (χ4v) is 2.65. The molecule has 1 aliphatic heterocycles. The van der Waals surface area contributed by atoms with Crippen molar-refractivity contribution < 1.29 is 14.3 Å². The number of pyridine rings is 1. The third kappa shape index (κ3) is 4.34. The van der Waals surface area contributed by atoms with E-state index in [-0.39, 0.29) is 24.2 Å². The molecule has 0 aromatic carbocycles. The van der Waals surface area contributed by atoms with Crippen molar-refractivity contribution in [3.05, 3.63) is 30.1 Å². The van der Waals surface area contributed by atoms with Gasteiger partial charge in [-0.3, -0.25) is 4.98 Å². The van der Waals surface area contributed by atoms with Crippen molar-refractivity contribution in [2.24, 2.45) is 0 Å². The number of hydrogen-bond donors (Lipinski definition) is 1. The minimum absolute atomic E-state index is 0.0341. The van der Waals surface area contributed by atoms with Gasteiger partial charge in [-0.15, -0.1) is 0 Å². The van der Waals surface area contributed by atoms with E-state index in [4.69, 9.17) is 4.74 Å². The zero-order valence-corrected chi connectivity index (χ0v) is 13.9. The van der Waals surface area contributed by atoms with E-state index < -0.39 is 0 Å². The third-order valence-corrected chi connectivity index (χ3v) is 4.35. The van der Waals surface area contributed by atoms with E-state index in [2.05, 4.69) is 10.3 Å². The highest BCUT2D eigenvalue weighted by atomic mass is 16.5. The smallest absolute Gasteiger partial charge is 0.409 e. The molecule has 1 atom stereocenters. The van der Waals surface area contributed by atoms with Crippen LogP contribution in [0.15, 0.2) is 24.5 Å². The second-order valence-corrected chi connectivity index (χ2v) is 5.75. The topological polar surface area (TPSA) is 74.8 Å². The van der Waals surface area contributed by atoms with E-state index in [0.717, 1.165) is 18.4 Å². The number of aromatic nitrogens is 1. The molecular weight excluding hydrogens is 296 g/mol. The monoisotopic (exact) mass is 320 g/mol. The van der Waals surface area contributed by atoms with Crippen LogP contribution < -0.4 is 5.32 Å². The van der Waals surface area contributed by atoms with Crippen LogP contribution in [0.25, 0.3) is 0 Å². The van der Waals surface area contributed by atoms with Crippen LogP contribution in [-0.2, 0) is 4.74 Å². The summed E-state index contributed by atoms with van der Waals surface area (Å²) in [5.74, 6) is 0. The number of amides is 3. The Kier molecular flexibility index (Phi) is 5.78. The molecule has 1 unspecified atom stereocenters. The first-order chi connectivity index (χ1) is 11.0. The molecular formula is C16H24N4O3. The van der Waals surface area contributed by atoms with Gasteiger partial charge in [-0.25, -0.2) is 9.59 Å². The minimum Gasteiger partial charge on any atom is -0.453 e. The van der Waals surface area contributed by atoms with Crippen LogP contribution >= 0.6 is 0 Å². The van der Waals surface area contributed by atoms with Crippen molar-refractivity contribution in [2.75, 3.05) is 27.2 Å². The maximum atomic E-state index is 12.4. The van der Waals surface area contributed by atoms with Gasteiger partial charge in [-0.1, -0.05) is 0 Å². The van der Waals surface area contributed by atoms with E-state index in [0.29, 0.717) is 13.1 Å². The van der Waals surface area contributed by atoms with Crippen LogP contribution in [-0.4, -0.2) is 60.2 Å². The van der Waals surface area contributed by atoms with Crippen LogP contribution in [0.1, 0.15) is 31.4 Å². The zero-order chi connectivity index (χ0) is 16.8. The summed E-state index contributed by atoms with van der Waals surface area (Å²) in [7, 11) is 3.16. The maximum Gasteiger partial charge on any atom is 0.409 e. The summed E-state index contributed by atoms with van der Waals surface area (Å²) in [6.07, 6.45) is 4.61. The molecule has 0 aliphatic carbocycles. The molecule has 1 N–H and O–H groups in total. The highest BCUT2D eigenvalue weighted by Gasteiger charge is 2.26. The second-order valence-electron chi connectivity index (χ2n) is 5.75. The summed E-state index contributed by atoms with van der Waals surface area (Å²) in [6, 6.07) is 3.75. The molecule has 7 heteroatoms. The molecule has 7 nitrogen and oxygen atoms in total. The van der Waals surface area contributed by atoms with Crippen LogP contribution in [0.2, 0.25) is 0 Å². The molecule has 0 bridgehead atoms. The van der Waals surface area contributed by atoms with Crippen molar-refractivity contribution in [1.29, 1.82) is 0 Å². The van der Waals surface area contributed by atoms with E-state index in [1.807, 2.05) is 19.1 Å². The summed E-state index contributed by atoms with van der Waals surface area (Å²) in [4.78, 5) is 31.2. The number of likely N-dealkylation sites (tertiary alicyclic amines) is 1. The summed E-state index contributed by atoms with van der Waals surface area (Å²) in [5, 5.41) is 3.04. The van der Waals surface area contributed by atoms with Crippen LogP contribution in [0.5, 0.6) is 0 Å². The van der Waals surface area contributed by atoms with Gasteiger partial charge in [0.25, 0.3) is 0 Å². The normalized spacial score (nSPS) is 16.6. The maximum absolute atomic E-state index is 12.4. The molecule has 0 saturated carbocycles.